The molecule has 2 aliphatic rings. The molecular formula is C12H22N2O. The molecule has 0 spiro atoms. The highest BCUT2D eigenvalue weighted by Crippen LogP contribution is 2.30. The first-order chi connectivity index (χ1) is 7.09. The number of amides is 1. The highest BCUT2D eigenvalue weighted by atomic mass is 16.2. The van der Waals surface area contributed by atoms with E-state index >= 15 is 0 Å². The van der Waals surface area contributed by atoms with E-state index in [9.17, 15) is 4.79 Å². The summed E-state index contributed by atoms with van der Waals surface area (Å²) in [5.41, 5.74) is 0. The van der Waals surface area contributed by atoms with Gasteiger partial charge in [0.1, 0.15) is 0 Å². The van der Waals surface area contributed by atoms with E-state index in [2.05, 4.69) is 31.0 Å². The summed E-state index contributed by atoms with van der Waals surface area (Å²) in [6.07, 6.45) is 4.90. The van der Waals surface area contributed by atoms with Gasteiger partial charge in [0.2, 0.25) is 5.91 Å². The molecule has 0 radical (unpaired) electrons. The highest BCUT2D eigenvalue weighted by molar-refractivity contribution is 5.84. The van der Waals surface area contributed by atoms with Crippen molar-refractivity contribution in [2.24, 2.45) is 5.92 Å². The molecule has 1 saturated carbocycles. The van der Waals surface area contributed by atoms with Crippen LogP contribution in [0.3, 0.4) is 0 Å². The van der Waals surface area contributed by atoms with Crippen molar-refractivity contribution in [2.45, 2.75) is 64.7 Å². The molecule has 1 N–H and O–H groups in total. The Labute approximate surface area is 92.2 Å². The van der Waals surface area contributed by atoms with E-state index in [-0.39, 0.29) is 12.2 Å². The minimum atomic E-state index is 0.0700. The van der Waals surface area contributed by atoms with Crippen LogP contribution in [0.2, 0.25) is 0 Å². The maximum absolute atomic E-state index is 12.1. The first kappa shape index (κ1) is 10.9. The third kappa shape index (κ3) is 2.03. The van der Waals surface area contributed by atoms with Crippen LogP contribution in [0.5, 0.6) is 0 Å². The Bertz CT molecular complexity index is 248. The second kappa shape index (κ2) is 4.12. The molecule has 2 fully saturated rings. The van der Waals surface area contributed by atoms with Crippen LogP contribution in [0.25, 0.3) is 0 Å². The second-order valence-corrected chi connectivity index (χ2v) is 5.36. The summed E-state index contributed by atoms with van der Waals surface area (Å²) in [5.74, 6) is 0.917. The Morgan fingerprint density at radius 1 is 1.47 bits per heavy atom. The van der Waals surface area contributed by atoms with Crippen molar-refractivity contribution in [3.8, 4) is 0 Å². The molecule has 1 saturated heterocycles. The minimum absolute atomic E-state index is 0.0700. The molecule has 2 atom stereocenters. The van der Waals surface area contributed by atoms with E-state index in [1.807, 2.05) is 0 Å². The van der Waals surface area contributed by atoms with Gasteiger partial charge in [0.15, 0.2) is 0 Å². The molecule has 86 valence electrons. The zero-order valence-corrected chi connectivity index (χ0v) is 9.99. The molecule has 0 aromatic carbocycles. The van der Waals surface area contributed by atoms with Crippen LogP contribution in [0.4, 0.5) is 0 Å². The molecule has 2 rings (SSSR count). The Kier molecular flexibility index (Phi) is 3.01. The van der Waals surface area contributed by atoms with Gasteiger partial charge in [-0.05, 0) is 38.5 Å². The van der Waals surface area contributed by atoms with Gasteiger partial charge in [-0.2, -0.15) is 0 Å². The van der Waals surface area contributed by atoms with E-state index in [4.69, 9.17) is 0 Å². The number of nitrogens with zero attached hydrogens (tertiary/aromatic N) is 1. The van der Waals surface area contributed by atoms with E-state index < -0.39 is 0 Å². The Morgan fingerprint density at radius 3 is 2.60 bits per heavy atom. The molecular weight excluding hydrogens is 188 g/mol. The molecule has 1 heterocycles. The summed E-state index contributed by atoms with van der Waals surface area (Å²) < 4.78 is 0. The van der Waals surface area contributed by atoms with Gasteiger partial charge in [0.05, 0.1) is 12.2 Å². The van der Waals surface area contributed by atoms with E-state index in [1.165, 1.54) is 19.3 Å². The lowest BCUT2D eigenvalue weighted by Crippen LogP contribution is -2.46. The van der Waals surface area contributed by atoms with Crippen LogP contribution in [0.15, 0.2) is 0 Å². The van der Waals surface area contributed by atoms with Crippen molar-refractivity contribution < 1.29 is 4.79 Å². The summed E-state index contributed by atoms with van der Waals surface area (Å²) >= 11 is 0. The molecule has 1 amide bonds. The van der Waals surface area contributed by atoms with Crippen molar-refractivity contribution in [2.75, 3.05) is 0 Å². The van der Waals surface area contributed by atoms with Crippen LogP contribution in [0, 0.1) is 5.92 Å². The first-order valence-electron chi connectivity index (χ1n) is 6.18. The fourth-order valence-electron chi connectivity index (χ4n) is 2.61. The Balaban J connectivity index is 1.98. The molecule has 0 aromatic heterocycles. The van der Waals surface area contributed by atoms with Crippen LogP contribution in [0.1, 0.15) is 46.5 Å². The van der Waals surface area contributed by atoms with Gasteiger partial charge in [-0.25, -0.2) is 0 Å². The second-order valence-electron chi connectivity index (χ2n) is 5.36. The van der Waals surface area contributed by atoms with Crippen molar-refractivity contribution in [1.29, 1.82) is 0 Å². The normalized spacial score (nSPS) is 32.5. The van der Waals surface area contributed by atoms with E-state index in [1.54, 1.807) is 0 Å². The largest absolute Gasteiger partial charge is 0.323 e. The molecule has 3 heteroatoms. The first-order valence-corrected chi connectivity index (χ1v) is 6.18. The zero-order valence-electron chi connectivity index (χ0n) is 9.99. The van der Waals surface area contributed by atoms with Gasteiger partial charge in [-0.3, -0.25) is 10.1 Å². The van der Waals surface area contributed by atoms with Crippen LogP contribution < -0.4 is 5.32 Å². The monoisotopic (exact) mass is 210 g/mol. The number of carbonyl (C=O) groups is 1. The van der Waals surface area contributed by atoms with Gasteiger partial charge >= 0.3 is 0 Å². The third-order valence-electron chi connectivity index (χ3n) is 3.59. The third-order valence-corrected chi connectivity index (χ3v) is 3.59. The smallest absolute Gasteiger partial charge is 0.241 e. The topological polar surface area (TPSA) is 32.3 Å². The van der Waals surface area contributed by atoms with Crippen LogP contribution in [-0.2, 0) is 4.79 Å². The lowest BCUT2D eigenvalue weighted by molar-refractivity contribution is -0.133. The number of rotatable bonds is 3. The van der Waals surface area contributed by atoms with Crippen molar-refractivity contribution >= 4 is 5.91 Å². The van der Waals surface area contributed by atoms with E-state index in [0.29, 0.717) is 17.9 Å². The summed E-state index contributed by atoms with van der Waals surface area (Å²) in [5, 5.41) is 3.41. The van der Waals surface area contributed by atoms with Gasteiger partial charge in [0.25, 0.3) is 0 Å². The summed E-state index contributed by atoms with van der Waals surface area (Å²) in [6.45, 7) is 6.45. The lowest BCUT2D eigenvalue weighted by Gasteiger charge is -2.37. The van der Waals surface area contributed by atoms with Crippen molar-refractivity contribution in [3.05, 3.63) is 0 Å². The number of carbonyl (C=O) groups excluding carboxylic acids is 1. The van der Waals surface area contributed by atoms with Gasteiger partial charge < -0.3 is 4.90 Å². The Morgan fingerprint density at radius 2 is 2.13 bits per heavy atom. The highest BCUT2D eigenvalue weighted by Gasteiger charge is 2.41. The molecule has 2 unspecified atom stereocenters. The maximum atomic E-state index is 12.1. The SMILES string of the molecule is CC(C)CC1NC(C)N(C2CCC2)C1=O. The predicted molar refractivity (Wildman–Crippen MR) is 60.3 cm³/mol. The molecule has 0 aromatic rings. The summed E-state index contributed by atoms with van der Waals surface area (Å²) in [4.78, 5) is 14.2. The predicted octanol–water partition coefficient (Wildman–Crippen LogP) is 1.73. The van der Waals surface area contributed by atoms with Crippen molar-refractivity contribution in [1.82, 2.24) is 10.2 Å². The van der Waals surface area contributed by atoms with Crippen molar-refractivity contribution in [3.63, 3.8) is 0 Å². The quantitative estimate of drug-likeness (QED) is 0.769. The van der Waals surface area contributed by atoms with E-state index in [0.717, 1.165) is 6.42 Å². The number of hydrogen-bond acceptors (Lipinski definition) is 2. The maximum Gasteiger partial charge on any atom is 0.241 e. The van der Waals surface area contributed by atoms with Gasteiger partial charge in [0, 0.05) is 6.04 Å². The van der Waals surface area contributed by atoms with Crippen LogP contribution >= 0.6 is 0 Å². The average Bonchev–Trinajstić information content (AvgIpc) is 2.29. The summed E-state index contributed by atoms with van der Waals surface area (Å²) in [7, 11) is 0. The Hall–Kier alpha value is -0.570. The average molecular weight is 210 g/mol. The molecule has 15 heavy (non-hydrogen) atoms. The molecule has 1 aliphatic carbocycles. The number of nitrogens with one attached hydrogen (secondary N) is 1. The summed E-state index contributed by atoms with van der Waals surface area (Å²) in [6, 6.07) is 0.595. The standard InChI is InChI=1S/C12H22N2O/c1-8(2)7-11-12(15)14(9(3)13-11)10-5-4-6-10/h8-11,13H,4-7H2,1-3H3. The number of hydrogen-bond donors (Lipinski definition) is 1. The van der Waals surface area contributed by atoms with Gasteiger partial charge in [-0.1, -0.05) is 13.8 Å². The molecule has 0 bridgehead atoms. The zero-order chi connectivity index (χ0) is 11.0. The fraction of sp³-hybridized carbons (Fsp3) is 0.917. The minimum Gasteiger partial charge on any atom is -0.323 e. The lowest BCUT2D eigenvalue weighted by atomic mass is 9.91. The fourth-order valence-corrected chi connectivity index (χ4v) is 2.61. The molecule has 1 aliphatic heterocycles. The molecule has 3 nitrogen and oxygen atoms in total. The van der Waals surface area contributed by atoms with Gasteiger partial charge in [-0.15, -0.1) is 0 Å². The van der Waals surface area contributed by atoms with Crippen LogP contribution in [-0.4, -0.2) is 29.1 Å².